The van der Waals surface area contributed by atoms with Crippen molar-refractivity contribution in [3.63, 3.8) is 0 Å². The average Bonchev–Trinajstić information content (AvgIpc) is 2.74. The van der Waals surface area contributed by atoms with Crippen LogP contribution >= 0.6 is 0 Å². The minimum atomic E-state index is -0.0799. The number of nitrogens with zero attached hydrogens (tertiary/aromatic N) is 2. The van der Waals surface area contributed by atoms with Crippen molar-refractivity contribution in [1.29, 1.82) is 0 Å². The van der Waals surface area contributed by atoms with E-state index in [2.05, 4.69) is 53.2 Å². The second-order valence-electron chi connectivity index (χ2n) is 8.69. The van der Waals surface area contributed by atoms with Crippen molar-refractivity contribution < 1.29 is 14.3 Å². The highest BCUT2D eigenvalue weighted by molar-refractivity contribution is 6.04. The Morgan fingerprint density at radius 1 is 0.935 bits per heavy atom. The highest BCUT2D eigenvalue weighted by Gasteiger charge is 2.22. The number of carbonyl (C=O) groups is 1. The van der Waals surface area contributed by atoms with Crippen LogP contribution in [-0.4, -0.2) is 67.3 Å². The summed E-state index contributed by atoms with van der Waals surface area (Å²) in [5.74, 6) is -0.0799. The van der Waals surface area contributed by atoms with Gasteiger partial charge in [0.1, 0.15) is 0 Å². The third-order valence-electron chi connectivity index (χ3n) is 5.81. The molecule has 2 atom stereocenters. The van der Waals surface area contributed by atoms with Crippen molar-refractivity contribution in [2.75, 3.05) is 44.7 Å². The Hall–Kier alpha value is -2.25. The molecule has 2 fully saturated rings. The van der Waals surface area contributed by atoms with Crippen LogP contribution in [0.15, 0.2) is 48.5 Å². The molecule has 0 spiro atoms. The predicted octanol–water partition coefficient (Wildman–Crippen LogP) is 3.38. The second kappa shape index (κ2) is 10.4. The molecule has 1 N–H and O–H groups in total. The first-order chi connectivity index (χ1) is 15.0. The molecule has 2 aliphatic heterocycles. The molecular weight excluding hydrogens is 390 g/mol. The molecule has 2 aromatic rings. The highest BCUT2D eigenvalue weighted by atomic mass is 16.5. The van der Waals surface area contributed by atoms with Crippen LogP contribution in [-0.2, 0) is 22.6 Å². The van der Waals surface area contributed by atoms with E-state index < -0.39 is 0 Å². The first-order valence-electron chi connectivity index (χ1n) is 11.2. The molecule has 31 heavy (non-hydrogen) atoms. The summed E-state index contributed by atoms with van der Waals surface area (Å²) in [6, 6.07) is 16.0. The number of amides is 1. The van der Waals surface area contributed by atoms with Crippen molar-refractivity contribution in [1.82, 2.24) is 9.80 Å². The number of hydrogen-bond donors (Lipinski definition) is 1. The van der Waals surface area contributed by atoms with Gasteiger partial charge in [0.25, 0.3) is 5.91 Å². The van der Waals surface area contributed by atoms with Crippen molar-refractivity contribution >= 4 is 11.6 Å². The summed E-state index contributed by atoms with van der Waals surface area (Å²) in [6.45, 7) is 11.3. The fraction of sp³-hybridized carbons (Fsp3) is 0.480. The molecule has 2 aliphatic rings. The van der Waals surface area contributed by atoms with E-state index in [1.165, 1.54) is 11.1 Å². The van der Waals surface area contributed by atoms with Crippen molar-refractivity contribution in [2.45, 2.75) is 39.1 Å². The maximum Gasteiger partial charge on any atom is 0.255 e. The molecule has 0 saturated carbocycles. The molecule has 166 valence electrons. The van der Waals surface area contributed by atoms with E-state index in [9.17, 15) is 4.79 Å². The SMILES string of the molecule is CC1CN(Cc2ccc(C(=O)Nc3cccc(CN4CCOCC4)c3)cc2)CC(C)O1. The zero-order valence-corrected chi connectivity index (χ0v) is 18.5. The van der Waals surface area contributed by atoms with E-state index in [0.717, 1.165) is 58.2 Å². The van der Waals surface area contributed by atoms with Crippen LogP contribution < -0.4 is 5.32 Å². The molecule has 6 nitrogen and oxygen atoms in total. The highest BCUT2D eigenvalue weighted by Crippen LogP contribution is 2.17. The summed E-state index contributed by atoms with van der Waals surface area (Å²) in [5.41, 5.74) is 3.91. The summed E-state index contributed by atoms with van der Waals surface area (Å²) in [4.78, 5) is 17.5. The molecular formula is C25H33N3O3. The molecule has 0 bridgehead atoms. The Labute approximate surface area is 185 Å². The van der Waals surface area contributed by atoms with Crippen LogP contribution in [0.1, 0.15) is 35.3 Å². The molecule has 2 unspecified atom stereocenters. The van der Waals surface area contributed by atoms with Gasteiger partial charge in [0, 0.05) is 50.5 Å². The van der Waals surface area contributed by atoms with Gasteiger partial charge in [0.05, 0.1) is 25.4 Å². The van der Waals surface area contributed by atoms with Crippen LogP contribution in [0.4, 0.5) is 5.69 Å². The monoisotopic (exact) mass is 423 g/mol. The van der Waals surface area contributed by atoms with E-state index >= 15 is 0 Å². The second-order valence-corrected chi connectivity index (χ2v) is 8.69. The normalized spacial score (nSPS) is 22.9. The van der Waals surface area contributed by atoms with E-state index in [1.54, 1.807) is 0 Å². The van der Waals surface area contributed by atoms with Crippen LogP contribution in [0.25, 0.3) is 0 Å². The lowest BCUT2D eigenvalue weighted by Gasteiger charge is -2.35. The topological polar surface area (TPSA) is 54.0 Å². The largest absolute Gasteiger partial charge is 0.379 e. The van der Waals surface area contributed by atoms with Gasteiger partial charge in [0.2, 0.25) is 0 Å². The van der Waals surface area contributed by atoms with Crippen molar-refractivity contribution in [3.05, 3.63) is 65.2 Å². The molecule has 1 amide bonds. The minimum absolute atomic E-state index is 0.0799. The lowest BCUT2D eigenvalue weighted by Crippen LogP contribution is -2.44. The van der Waals surface area contributed by atoms with Gasteiger partial charge in [-0.05, 0) is 49.2 Å². The van der Waals surface area contributed by atoms with Gasteiger partial charge in [-0.25, -0.2) is 0 Å². The number of benzene rings is 2. The van der Waals surface area contributed by atoms with Gasteiger partial charge >= 0.3 is 0 Å². The Morgan fingerprint density at radius 3 is 2.32 bits per heavy atom. The Bertz CT molecular complexity index is 855. The van der Waals surface area contributed by atoms with Crippen LogP contribution in [0.2, 0.25) is 0 Å². The van der Waals surface area contributed by atoms with Gasteiger partial charge in [-0.15, -0.1) is 0 Å². The van der Waals surface area contributed by atoms with Crippen LogP contribution in [0.5, 0.6) is 0 Å². The minimum Gasteiger partial charge on any atom is -0.379 e. The molecule has 2 saturated heterocycles. The van der Waals surface area contributed by atoms with Gasteiger partial charge in [-0.3, -0.25) is 14.6 Å². The number of morpholine rings is 2. The number of rotatable bonds is 6. The Kier molecular flexibility index (Phi) is 7.35. The first-order valence-corrected chi connectivity index (χ1v) is 11.2. The van der Waals surface area contributed by atoms with E-state index in [-0.39, 0.29) is 18.1 Å². The third kappa shape index (κ3) is 6.37. The number of carbonyl (C=O) groups excluding carboxylic acids is 1. The van der Waals surface area contributed by atoms with E-state index in [0.29, 0.717) is 5.56 Å². The van der Waals surface area contributed by atoms with Crippen LogP contribution in [0, 0.1) is 0 Å². The smallest absolute Gasteiger partial charge is 0.255 e. The molecule has 6 heteroatoms. The fourth-order valence-corrected chi connectivity index (χ4v) is 4.40. The number of hydrogen-bond acceptors (Lipinski definition) is 5. The maximum absolute atomic E-state index is 12.7. The van der Waals surface area contributed by atoms with E-state index in [1.807, 2.05) is 24.3 Å². The predicted molar refractivity (Wildman–Crippen MR) is 122 cm³/mol. The first kappa shape index (κ1) is 22.0. The molecule has 0 aromatic heterocycles. The number of anilines is 1. The fourth-order valence-electron chi connectivity index (χ4n) is 4.40. The van der Waals surface area contributed by atoms with Gasteiger partial charge in [-0.2, -0.15) is 0 Å². The zero-order valence-electron chi connectivity index (χ0n) is 18.5. The van der Waals surface area contributed by atoms with Gasteiger partial charge in [0.15, 0.2) is 0 Å². The van der Waals surface area contributed by atoms with Gasteiger partial charge in [-0.1, -0.05) is 24.3 Å². The number of nitrogens with one attached hydrogen (secondary N) is 1. The lowest BCUT2D eigenvalue weighted by molar-refractivity contribution is -0.0704. The molecule has 2 heterocycles. The maximum atomic E-state index is 12.7. The quantitative estimate of drug-likeness (QED) is 0.772. The Balaban J connectivity index is 1.33. The third-order valence-corrected chi connectivity index (χ3v) is 5.81. The summed E-state index contributed by atoms with van der Waals surface area (Å²) < 4.78 is 11.2. The lowest BCUT2D eigenvalue weighted by atomic mass is 10.1. The Morgan fingerprint density at radius 2 is 1.61 bits per heavy atom. The molecule has 0 radical (unpaired) electrons. The summed E-state index contributed by atoms with van der Waals surface area (Å²) in [5, 5.41) is 3.04. The van der Waals surface area contributed by atoms with Crippen LogP contribution in [0.3, 0.4) is 0 Å². The van der Waals surface area contributed by atoms with Gasteiger partial charge < -0.3 is 14.8 Å². The number of ether oxygens (including phenoxy) is 2. The summed E-state index contributed by atoms with van der Waals surface area (Å²) >= 11 is 0. The molecule has 4 rings (SSSR count). The van der Waals surface area contributed by atoms with E-state index in [4.69, 9.17) is 9.47 Å². The molecule has 2 aromatic carbocycles. The summed E-state index contributed by atoms with van der Waals surface area (Å²) in [6.07, 6.45) is 0.514. The molecule has 0 aliphatic carbocycles. The standard InChI is InChI=1S/C25H33N3O3/c1-19-15-28(16-20(2)31-19)17-21-6-8-23(9-7-21)25(29)26-24-5-3-4-22(14-24)18-27-10-12-30-13-11-27/h3-9,14,19-20H,10-13,15-18H2,1-2H3,(H,26,29). The summed E-state index contributed by atoms with van der Waals surface area (Å²) in [7, 11) is 0. The van der Waals surface area contributed by atoms with Crippen molar-refractivity contribution in [3.8, 4) is 0 Å². The average molecular weight is 424 g/mol. The zero-order chi connectivity index (χ0) is 21.6. The van der Waals surface area contributed by atoms with Crippen molar-refractivity contribution in [2.24, 2.45) is 0 Å².